The zero-order valence-corrected chi connectivity index (χ0v) is 12.5. The van der Waals surface area contributed by atoms with Gasteiger partial charge in [0.15, 0.2) is 0 Å². The number of nitrogens with one attached hydrogen (secondary N) is 1. The minimum absolute atomic E-state index is 0.0629. The number of hydrogen-bond donors (Lipinski definition) is 2. The van der Waals surface area contributed by atoms with Crippen LogP contribution in [0.1, 0.15) is 37.8 Å². The van der Waals surface area contributed by atoms with Crippen LogP contribution in [0.25, 0.3) is 0 Å². The summed E-state index contributed by atoms with van der Waals surface area (Å²) in [4.78, 5) is 36.4. The highest BCUT2D eigenvalue weighted by molar-refractivity contribution is 5.85. The topological polar surface area (TPSA) is 86.7 Å². The molecule has 2 N–H and O–H groups in total. The molecule has 1 aliphatic heterocycles. The van der Waals surface area contributed by atoms with Crippen molar-refractivity contribution in [1.82, 2.24) is 10.2 Å². The number of likely N-dealkylation sites (tertiary alicyclic amines) is 1. The number of nitrogens with zero attached hydrogens (tertiary/aromatic N) is 1. The molecule has 2 rings (SSSR count). The molecule has 0 saturated carbocycles. The van der Waals surface area contributed by atoms with Crippen molar-refractivity contribution in [3.8, 4) is 0 Å². The molecule has 0 aliphatic carbocycles. The van der Waals surface area contributed by atoms with Gasteiger partial charge in [0.2, 0.25) is 11.8 Å². The van der Waals surface area contributed by atoms with E-state index in [-0.39, 0.29) is 18.2 Å². The van der Waals surface area contributed by atoms with Crippen molar-refractivity contribution in [3.63, 3.8) is 0 Å². The Morgan fingerprint density at radius 3 is 2.59 bits per heavy atom. The van der Waals surface area contributed by atoms with E-state index in [9.17, 15) is 14.4 Å². The molecular weight excluding hydrogens is 284 g/mol. The minimum atomic E-state index is -0.971. The highest BCUT2D eigenvalue weighted by Gasteiger charge is 2.34. The molecule has 1 fully saturated rings. The van der Waals surface area contributed by atoms with Gasteiger partial charge in [0, 0.05) is 13.5 Å². The quantitative estimate of drug-likeness (QED) is 0.859. The maximum Gasteiger partial charge on any atom is 0.326 e. The molecular formula is C16H20N2O4. The predicted octanol–water partition coefficient (Wildman–Crippen LogP) is 1.33. The van der Waals surface area contributed by atoms with Gasteiger partial charge in [-0.25, -0.2) is 4.79 Å². The Hall–Kier alpha value is -2.37. The fourth-order valence-electron chi connectivity index (χ4n) is 2.80. The molecule has 0 unspecified atom stereocenters. The second kappa shape index (κ2) is 7.06. The maximum absolute atomic E-state index is 12.4. The molecule has 0 aromatic heterocycles. The Balaban J connectivity index is 2.11. The first-order valence-corrected chi connectivity index (χ1v) is 7.33. The Bertz CT molecular complexity index is 559. The summed E-state index contributed by atoms with van der Waals surface area (Å²) in [6, 6.07) is 8.02. The van der Waals surface area contributed by atoms with E-state index in [1.165, 1.54) is 11.8 Å². The van der Waals surface area contributed by atoms with Crippen LogP contribution in [-0.2, 0) is 14.4 Å². The van der Waals surface area contributed by atoms with E-state index in [1.54, 1.807) is 0 Å². The van der Waals surface area contributed by atoms with Crippen molar-refractivity contribution in [2.75, 3.05) is 6.54 Å². The normalized spacial score (nSPS) is 18.8. The summed E-state index contributed by atoms with van der Waals surface area (Å²) in [7, 11) is 0. The zero-order chi connectivity index (χ0) is 16.1. The lowest BCUT2D eigenvalue weighted by molar-refractivity contribution is -0.148. The second-order valence-electron chi connectivity index (χ2n) is 5.45. The van der Waals surface area contributed by atoms with E-state index in [0.29, 0.717) is 19.4 Å². The Kier molecular flexibility index (Phi) is 5.14. The van der Waals surface area contributed by atoms with Crippen molar-refractivity contribution in [2.24, 2.45) is 0 Å². The van der Waals surface area contributed by atoms with Crippen molar-refractivity contribution < 1.29 is 19.5 Å². The van der Waals surface area contributed by atoms with Crippen LogP contribution in [0.3, 0.4) is 0 Å². The first-order valence-electron chi connectivity index (χ1n) is 7.33. The largest absolute Gasteiger partial charge is 0.480 e. The monoisotopic (exact) mass is 304 g/mol. The maximum atomic E-state index is 12.4. The number of carbonyl (C=O) groups is 3. The standard InChI is InChI=1S/C16H20N2O4/c1-11(19)17-13(12-6-3-2-4-7-12)10-15(20)18-9-5-8-14(18)16(21)22/h2-4,6-7,13-14H,5,8-10H2,1H3,(H,17,19)(H,21,22)/t13-,14-/m1/s1. The van der Waals surface area contributed by atoms with Gasteiger partial charge in [-0.3, -0.25) is 9.59 Å². The lowest BCUT2D eigenvalue weighted by atomic mass is 10.0. The van der Waals surface area contributed by atoms with E-state index in [0.717, 1.165) is 5.56 Å². The summed E-state index contributed by atoms with van der Waals surface area (Å²) < 4.78 is 0. The van der Waals surface area contributed by atoms with Gasteiger partial charge in [0.05, 0.1) is 12.5 Å². The zero-order valence-electron chi connectivity index (χ0n) is 12.5. The summed E-state index contributed by atoms with van der Waals surface area (Å²) in [5.41, 5.74) is 0.831. The smallest absolute Gasteiger partial charge is 0.326 e. The first kappa shape index (κ1) is 16.0. The third-order valence-electron chi connectivity index (χ3n) is 3.82. The van der Waals surface area contributed by atoms with Crippen LogP contribution in [0.5, 0.6) is 0 Å². The Morgan fingerprint density at radius 2 is 2.00 bits per heavy atom. The van der Waals surface area contributed by atoms with Crippen molar-refractivity contribution in [1.29, 1.82) is 0 Å². The number of rotatable bonds is 5. The third-order valence-corrected chi connectivity index (χ3v) is 3.82. The van der Waals surface area contributed by atoms with E-state index in [4.69, 9.17) is 5.11 Å². The molecule has 1 heterocycles. The van der Waals surface area contributed by atoms with Crippen LogP contribution < -0.4 is 5.32 Å². The van der Waals surface area contributed by atoms with Crippen LogP contribution in [0.15, 0.2) is 30.3 Å². The van der Waals surface area contributed by atoms with Gasteiger partial charge < -0.3 is 15.3 Å². The summed E-state index contributed by atoms with van der Waals surface area (Å²) in [6.45, 7) is 1.85. The number of amides is 2. The Labute approximate surface area is 129 Å². The summed E-state index contributed by atoms with van der Waals surface area (Å²) in [5.74, 6) is -1.44. The summed E-state index contributed by atoms with van der Waals surface area (Å²) in [6.07, 6.45) is 1.24. The molecule has 0 bridgehead atoms. The SMILES string of the molecule is CC(=O)N[C@H](CC(=O)N1CCC[C@@H]1C(=O)O)c1ccccc1. The van der Waals surface area contributed by atoms with Gasteiger partial charge in [-0.15, -0.1) is 0 Å². The number of aliphatic carboxylic acids is 1. The average Bonchev–Trinajstić information content (AvgIpc) is 2.96. The minimum Gasteiger partial charge on any atom is -0.480 e. The predicted molar refractivity (Wildman–Crippen MR) is 80.0 cm³/mol. The van der Waals surface area contributed by atoms with Gasteiger partial charge >= 0.3 is 5.97 Å². The van der Waals surface area contributed by atoms with Crippen molar-refractivity contribution in [2.45, 2.75) is 38.3 Å². The van der Waals surface area contributed by atoms with E-state index < -0.39 is 18.1 Å². The van der Waals surface area contributed by atoms with Gasteiger partial charge in [-0.05, 0) is 18.4 Å². The lowest BCUT2D eigenvalue weighted by Gasteiger charge is -2.25. The van der Waals surface area contributed by atoms with Gasteiger partial charge in [-0.1, -0.05) is 30.3 Å². The van der Waals surface area contributed by atoms with Crippen LogP contribution in [-0.4, -0.2) is 40.4 Å². The molecule has 22 heavy (non-hydrogen) atoms. The molecule has 118 valence electrons. The van der Waals surface area contributed by atoms with Gasteiger partial charge in [0.25, 0.3) is 0 Å². The number of benzene rings is 1. The molecule has 1 saturated heterocycles. The Morgan fingerprint density at radius 1 is 1.32 bits per heavy atom. The molecule has 2 amide bonds. The fourth-order valence-corrected chi connectivity index (χ4v) is 2.80. The second-order valence-corrected chi connectivity index (χ2v) is 5.45. The molecule has 2 atom stereocenters. The molecule has 1 aromatic rings. The molecule has 6 heteroatoms. The molecule has 6 nitrogen and oxygen atoms in total. The molecule has 0 radical (unpaired) electrons. The summed E-state index contributed by atoms with van der Waals surface area (Å²) in [5, 5.41) is 11.9. The number of carboxylic acids is 1. The molecule has 0 spiro atoms. The van der Waals surface area contributed by atoms with Gasteiger partial charge in [-0.2, -0.15) is 0 Å². The highest BCUT2D eigenvalue weighted by Crippen LogP contribution is 2.23. The summed E-state index contributed by atoms with van der Waals surface area (Å²) >= 11 is 0. The fraction of sp³-hybridized carbons (Fsp3) is 0.438. The van der Waals surface area contributed by atoms with Crippen LogP contribution >= 0.6 is 0 Å². The van der Waals surface area contributed by atoms with Crippen LogP contribution in [0, 0.1) is 0 Å². The third kappa shape index (κ3) is 3.84. The van der Waals surface area contributed by atoms with Crippen LogP contribution in [0.2, 0.25) is 0 Å². The molecule has 1 aromatic carbocycles. The number of hydrogen-bond acceptors (Lipinski definition) is 3. The van der Waals surface area contributed by atoms with Crippen LogP contribution in [0.4, 0.5) is 0 Å². The average molecular weight is 304 g/mol. The number of carbonyl (C=O) groups excluding carboxylic acids is 2. The van der Waals surface area contributed by atoms with E-state index in [1.807, 2.05) is 30.3 Å². The van der Waals surface area contributed by atoms with E-state index in [2.05, 4.69) is 5.32 Å². The van der Waals surface area contributed by atoms with E-state index >= 15 is 0 Å². The number of carboxylic acid groups (broad SMARTS) is 1. The van der Waals surface area contributed by atoms with Crippen molar-refractivity contribution in [3.05, 3.63) is 35.9 Å². The van der Waals surface area contributed by atoms with Crippen molar-refractivity contribution >= 4 is 17.8 Å². The first-order chi connectivity index (χ1) is 10.5. The highest BCUT2D eigenvalue weighted by atomic mass is 16.4. The lowest BCUT2D eigenvalue weighted by Crippen LogP contribution is -2.42. The van der Waals surface area contributed by atoms with Gasteiger partial charge in [0.1, 0.15) is 6.04 Å². The molecule has 1 aliphatic rings.